The van der Waals surface area contributed by atoms with E-state index in [4.69, 9.17) is 0 Å². The molecule has 0 fully saturated rings. The summed E-state index contributed by atoms with van der Waals surface area (Å²) in [5, 5.41) is 9.97. The van der Waals surface area contributed by atoms with E-state index in [2.05, 4.69) is 26.8 Å². The zero-order valence-corrected chi connectivity index (χ0v) is 15.0. The quantitative estimate of drug-likeness (QED) is 0.408. The van der Waals surface area contributed by atoms with Gasteiger partial charge in [-0.25, -0.2) is 0 Å². The summed E-state index contributed by atoms with van der Waals surface area (Å²) in [7, 11) is 0. The number of aryl methyl sites for hydroxylation is 1. The molecule has 0 spiro atoms. The van der Waals surface area contributed by atoms with E-state index in [0.29, 0.717) is 11.7 Å². The molecule has 1 N–H and O–H groups in total. The molecular weight excluding hydrogens is 268 g/mol. The smallest absolute Gasteiger partial charge is 0.119 e. The third kappa shape index (κ3) is 7.87. The summed E-state index contributed by atoms with van der Waals surface area (Å²) in [6.45, 7) is 6.61. The van der Waals surface area contributed by atoms with Crippen molar-refractivity contribution >= 4 is 0 Å². The van der Waals surface area contributed by atoms with Gasteiger partial charge in [-0.1, -0.05) is 95.8 Å². The van der Waals surface area contributed by atoms with Gasteiger partial charge >= 0.3 is 0 Å². The second-order valence-electron chi connectivity index (χ2n) is 6.93. The zero-order chi connectivity index (χ0) is 16.2. The molecule has 1 atom stereocenters. The first-order valence-electron chi connectivity index (χ1n) is 9.44. The largest absolute Gasteiger partial charge is 0.508 e. The molecule has 0 bridgehead atoms. The maximum Gasteiger partial charge on any atom is 0.119 e. The molecule has 1 unspecified atom stereocenters. The van der Waals surface area contributed by atoms with Gasteiger partial charge in [0.25, 0.3) is 0 Å². The van der Waals surface area contributed by atoms with Crippen LogP contribution in [0.1, 0.15) is 102 Å². The SMILES string of the molecule is CCCCCCCCCCCCC(C)c1cc(C)ccc1O. The van der Waals surface area contributed by atoms with Gasteiger partial charge in [0.1, 0.15) is 5.75 Å². The molecule has 1 aromatic carbocycles. The van der Waals surface area contributed by atoms with Crippen LogP contribution in [0, 0.1) is 6.92 Å². The van der Waals surface area contributed by atoms with Crippen LogP contribution in [0.2, 0.25) is 0 Å². The van der Waals surface area contributed by atoms with Gasteiger partial charge in [0, 0.05) is 0 Å². The molecule has 0 aromatic heterocycles. The molecule has 0 radical (unpaired) electrons. The fourth-order valence-corrected chi connectivity index (χ4v) is 3.16. The number of phenols is 1. The van der Waals surface area contributed by atoms with Crippen molar-refractivity contribution in [2.24, 2.45) is 0 Å². The van der Waals surface area contributed by atoms with Gasteiger partial charge in [-0.3, -0.25) is 0 Å². The van der Waals surface area contributed by atoms with Crippen molar-refractivity contribution in [3.05, 3.63) is 29.3 Å². The fourth-order valence-electron chi connectivity index (χ4n) is 3.16. The molecule has 0 aliphatic heterocycles. The van der Waals surface area contributed by atoms with Gasteiger partial charge < -0.3 is 5.11 Å². The molecule has 126 valence electrons. The first-order chi connectivity index (χ1) is 10.6. The van der Waals surface area contributed by atoms with Crippen LogP contribution in [-0.4, -0.2) is 5.11 Å². The highest BCUT2D eigenvalue weighted by atomic mass is 16.3. The van der Waals surface area contributed by atoms with E-state index in [1.165, 1.54) is 76.2 Å². The predicted molar refractivity (Wildman–Crippen MR) is 97.7 cm³/mol. The Morgan fingerprint density at radius 1 is 0.864 bits per heavy atom. The summed E-state index contributed by atoms with van der Waals surface area (Å²) >= 11 is 0. The molecule has 1 nitrogen and oxygen atoms in total. The Morgan fingerprint density at radius 3 is 2.00 bits per heavy atom. The lowest BCUT2D eigenvalue weighted by Crippen LogP contribution is -1.95. The average Bonchev–Trinajstić information content (AvgIpc) is 2.51. The summed E-state index contributed by atoms with van der Waals surface area (Å²) in [6.07, 6.45) is 15.0. The molecule has 22 heavy (non-hydrogen) atoms. The third-order valence-electron chi connectivity index (χ3n) is 4.70. The van der Waals surface area contributed by atoms with Crippen LogP contribution in [0.5, 0.6) is 5.75 Å². The molecule has 0 saturated carbocycles. The van der Waals surface area contributed by atoms with Gasteiger partial charge in [-0.2, -0.15) is 0 Å². The van der Waals surface area contributed by atoms with Gasteiger partial charge in [0.05, 0.1) is 0 Å². The highest BCUT2D eigenvalue weighted by molar-refractivity contribution is 5.37. The Hall–Kier alpha value is -0.980. The van der Waals surface area contributed by atoms with Crippen LogP contribution in [0.4, 0.5) is 0 Å². The number of hydrogen-bond donors (Lipinski definition) is 1. The summed E-state index contributed by atoms with van der Waals surface area (Å²) in [5.41, 5.74) is 2.36. The van der Waals surface area contributed by atoms with Gasteiger partial charge in [0.15, 0.2) is 0 Å². The third-order valence-corrected chi connectivity index (χ3v) is 4.70. The van der Waals surface area contributed by atoms with Gasteiger partial charge in [-0.05, 0) is 30.9 Å². The molecular formula is C21H36O. The summed E-state index contributed by atoms with van der Waals surface area (Å²) in [6, 6.07) is 5.95. The lowest BCUT2D eigenvalue weighted by atomic mass is 9.93. The van der Waals surface area contributed by atoms with Crippen LogP contribution in [0.3, 0.4) is 0 Å². The Bertz CT molecular complexity index is 397. The Morgan fingerprint density at radius 2 is 1.41 bits per heavy atom. The second-order valence-corrected chi connectivity index (χ2v) is 6.93. The number of aromatic hydroxyl groups is 1. The zero-order valence-electron chi connectivity index (χ0n) is 15.0. The fraction of sp³-hybridized carbons (Fsp3) is 0.714. The first kappa shape index (κ1) is 19.1. The minimum Gasteiger partial charge on any atom is -0.508 e. The van der Waals surface area contributed by atoms with Crippen LogP contribution in [0.25, 0.3) is 0 Å². The molecule has 0 aliphatic carbocycles. The maximum atomic E-state index is 9.97. The lowest BCUT2D eigenvalue weighted by molar-refractivity contribution is 0.457. The topological polar surface area (TPSA) is 20.2 Å². The number of rotatable bonds is 12. The van der Waals surface area contributed by atoms with E-state index in [-0.39, 0.29) is 0 Å². The van der Waals surface area contributed by atoms with Crippen LogP contribution >= 0.6 is 0 Å². The van der Waals surface area contributed by atoms with Crippen LogP contribution in [-0.2, 0) is 0 Å². The monoisotopic (exact) mass is 304 g/mol. The molecule has 1 heteroatoms. The van der Waals surface area contributed by atoms with Gasteiger partial charge in [-0.15, -0.1) is 0 Å². The van der Waals surface area contributed by atoms with Crippen molar-refractivity contribution < 1.29 is 5.11 Å². The number of phenolic OH excluding ortho intramolecular Hbond substituents is 1. The predicted octanol–water partition coefficient (Wildman–Crippen LogP) is 7.12. The van der Waals surface area contributed by atoms with Crippen molar-refractivity contribution in [1.29, 1.82) is 0 Å². The number of benzene rings is 1. The maximum absolute atomic E-state index is 9.97. The average molecular weight is 305 g/mol. The van der Waals surface area contributed by atoms with E-state index in [1.807, 2.05) is 12.1 Å². The molecule has 0 amide bonds. The highest BCUT2D eigenvalue weighted by Gasteiger charge is 2.10. The van der Waals surface area contributed by atoms with E-state index in [0.717, 1.165) is 5.56 Å². The van der Waals surface area contributed by atoms with E-state index in [9.17, 15) is 5.11 Å². The van der Waals surface area contributed by atoms with E-state index >= 15 is 0 Å². The molecule has 0 heterocycles. The lowest BCUT2D eigenvalue weighted by Gasteiger charge is -2.14. The summed E-state index contributed by atoms with van der Waals surface area (Å²) in [5.74, 6) is 0.930. The minimum atomic E-state index is 0.463. The molecule has 1 aromatic rings. The summed E-state index contributed by atoms with van der Waals surface area (Å²) < 4.78 is 0. The van der Waals surface area contributed by atoms with Crippen LogP contribution in [0.15, 0.2) is 18.2 Å². The molecule has 0 aliphatic rings. The Kier molecular flexibility index (Phi) is 10.0. The standard InChI is InChI=1S/C21H36O/c1-4-5-6-7-8-9-10-11-12-13-14-19(3)20-17-18(2)15-16-21(20)22/h15-17,19,22H,4-14H2,1-3H3. The second kappa shape index (κ2) is 11.6. The normalized spacial score (nSPS) is 12.5. The van der Waals surface area contributed by atoms with Crippen LogP contribution < -0.4 is 0 Å². The molecule has 1 rings (SSSR count). The Labute approximate surface area is 138 Å². The molecule has 0 saturated heterocycles. The van der Waals surface area contributed by atoms with Gasteiger partial charge in [0.2, 0.25) is 0 Å². The van der Waals surface area contributed by atoms with Crippen molar-refractivity contribution in [1.82, 2.24) is 0 Å². The van der Waals surface area contributed by atoms with Crippen molar-refractivity contribution in [2.75, 3.05) is 0 Å². The first-order valence-corrected chi connectivity index (χ1v) is 9.44. The number of hydrogen-bond acceptors (Lipinski definition) is 1. The summed E-state index contributed by atoms with van der Waals surface area (Å²) in [4.78, 5) is 0. The van der Waals surface area contributed by atoms with E-state index < -0.39 is 0 Å². The minimum absolute atomic E-state index is 0.463. The van der Waals surface area contributed by atoms with Crippen molar-refractivity contribution in [3.8, 4) is 5.75 Å². The number of unbranched alkanes of at least 4 members (excludes halogenated alkanes) is 9. The highest BCUT2D eigenvalue weighted by Crippen LogP contribution is 2.30. The van der Waals surface area contributed by atoms with Crippen molar-refractivity contribution in [2.45, 2.75) is 97.3 Å². The Balaban J connectivity index is 2.06. The van der Waals surface area contributed by atoms with Crippen molar-refractivity contribution in [3.63, 3.8) is 0 Å². The van der Waals surface area contributed by atoms with E-state index in [1.54, 1.807) is 0 Å².